The molecule has 0 aliphatic rings. The lowest BCUT2D eigenvalue weighted by Crippen LogP contribution is -1.93. The van der Waals surface area contributed by atoms with Gasteiger partial charge in [-0.25, -0.2) is 9.07 Å². The third kappa shape index (κ3) is 3.18. The molecule has 3 rings (SSSR count). The first-order valence-corrected chi connectivity index (χ1v) is 6.93. The lowest BCUT2D eigenvalue weighted by atomic mass is 10.1. The summed E-state index contributed by atoms with van der Waals surface area (Å²) in [6.07, 6.45) is 7.46. The molecule has 1 heterocycles. The maximum atomic E-state index is 13.5. The number of halogens is 1. The molecule has 0 bridgehead atoms. The highest BCUT2D eigenvalue weighted by Crippen LogP contribution is 2.23. The second kappa shape index (κ2) is 6.27. The summed E-state index contributed by atoms with van der Waals surface area (Å²) in [5.74, 6) is -1.44. The smallest absolute Gasteiger partial charge is 0.166 e. The molecule has 0 amide bonds. The molecule has 4 nitrogen and oxygen atoms in total. The number of aldehydes is 1. The fourth-order valence-electron chi connectivity index (χ4n) is 2.18. The lowest BCUT2D eigenvalue weighted by molar-refractivity contribution is 0.112. The van der Waals surface area contributed by atoms with E-state index in [2.05, 4.69) is 5.10 Å². The third-order valence-electron chi connectivity index (χ3n) is 3.37. The number of carbonyl (C=O) groups excluding carboxylic acids is 1. The van der Waals surface area contributed by atoms with Crippen molar-refractivity contribution in [2.75, 3.05) is 0 Å². The number of aromatic hydroxyl groups is 1. The van der Waals surface area contributed by atoms with Crippen molar-refractivity contribution in [3.63, 3.8) is 0 Å². The largest absolute Gasteiger partial charge is 0.504 e. The van der Waals surface area contributed by atoms with Gasteiger partial charge >= 0.3 is 0 Å². The molecule has 0 fully saturated rings. The summed E-state index contributed by atoms with van der Waals surface area (Å²) >= 11 is 0. The molecule has 0 saturated carbocycles. The highest BCUT2D eigenvalue weighted by molar-refractivity contribution is 5.82. The number of rotatable bonds is 4. The van der Waals surface area contributed by atoms with E-state index in [-0.39, 0.29) is 5.56 Å². The number of hydrogen-bond acceptors (Lipinski definition) is 3. The molecule has 1 aromatic heterocycles. The molecule has 0 aliphatic carbocycles. The number of aromatic nitrogens is 2. The van der Waals surface area contributed by atoms with Crippen LogP contribution in [0.1, 0.15) is 21.5 Å². The Morgan fingerprint density at radius 3 is 2.48 bits per heavy atom. The maximum absolute atomic E-state index is 13.5. The van der Waals surface area contributed by atoms with Gasteiger partial charge in [-0.3, -0.25) is 4.79 Å². The second-order valence-electron chi connectivity index (χ2n) is 4.93. The molecule has 114 valence electrons. The van der Waals surface area contributed by atoms with E-state index in [0.29, 0.717) is 11.8 Å². The van der Waals surface area contributed by atoms with Crippen molar-refractivity contribution >= 4 is 18.4 Å². The Hall–Kier alpha value is -3.21. The highest BCUT2D eigenvalue weighted by Gasteiger charge is 2.07. The molecule has 0 saturated heterocycles. The zero-order valence-electron chi connectivity index (χ0n) is 12.1. The number of phenolic OH excluding ortho intramolecular Hbond substituents is 1. The van der Waals surface area contributed by atoms with Gasteiger partial charge < -0.3 is 5.11 Å². The van der Waals surface area contributed by atoms with Gasteiger partial charge in [0.05, 0.1) is 11.3 Å². The van der Waals surface area contributed by atoms with E-state index < -0.39 is 11.6 Å². The van der Waals surface area contributed by atoms with Gasteiger partial charge in [-0.2, -0.15) is 5.10 Å². The van der Waals surface area contributed by atoms with Crippen LogP contribution in [0, 0.1) is 5.82 Å². The first kappa shape index (κ1) is 14.7. The quantitative estimate of drug-likeness (QED) is 0.590. The number of phenols is 1. The van der Waals surface area contributed by atoms with E-state index in [1.54, 1.807) is 23.0 Å². The van der Waals surface area contributed by atoms with Crippen LogP contribution < -0.4 is 0 Å². The van der Waals surface area contributed by atoms with E-state index in [9.17, 15) is 14.3 Å². The van der Waals surface area contributed by atoms with E-state index in [1.165, 1.54) is 12.1 Å². The van der Waals surface area contributed by atoms with Crippen molar-refractivity contribution in [1.82, 2.24) is 9.78 Å². The highest BCUT2D eigenvalue weighted by atomic mass is 19.1. The van der Waals surface area contributed by atoms with E-state index in [4.69, 9.17) is 0 Å². The van der Waals surface area contributed by atoms with Crippen molar-refractivity contribution in [3.8, 4) is 11.4 Å². The summed E-state index contributed by atoms with van der Waals surface area (Å²) in [6, 6.07) is 12.1. The Labute approximate surface area is 132 Å². The molecule has 1 N–H and O–H groups in total. The van der Waals surface area contributed by atoms with E-state index >= 15 is 0 Å². The third-order valence-corrected chi connectivity index (χ3v) is 3.37. The fraction of sp³-hybridized carbons (Fsp3) is 0. The summed E-state index contributed by atoms with van der Waals surface area (Å²) in [5.41, 5.74) is 2.28. The molecule has 2 aromatic carbocycles. The molecule has 0 aliphatic heterocycles. The molecule has 0 unspecified atom stereocenters. The minimum Gasteiger partial charge on any atom is -0.504 e. The lowest BCUT2D eigenvalue weighted by Gasteiger charge is -2.03. The number of carbonyl (C=O) groups is 1. The molecule has 0 spiro atoms. The van der Waals surface area contributed by atoms with Gasteiger partial charge in [-0.1, -0.05) is 24.3 Å². The Morgan fingerprint density at radius 1 is 1.09 bits per heavy atom. The minimum absolute atomic E-state index is 0.0707. The van der Waals surface area contributed by atoms with Crippen molar-refractivity contribution in [3.05, 3.63) is 77.4 Å². The van der Waals surface area contributed by atoms with Gasteiger partial charge in [0.1, 0.15) is 0 Å². The summed E-state index contributed by atoms with van der Waals surface area (Å²) in [7, 11) is 0. The van der Waals surface area contributed by atoms with Crippen LogP contribution in [-0.2, 0) is 0 Å². The van der Waals surface area contributed by atoms with Gasteiger partial charge in [0.15, 0.2) is 17.9 Å². The Balaban J connectivity index is 1.83. The SMILES string of the molecule is O=Cc1cc(C=Cc2ccc(-n3cccn3)cc2)cc(F)c1O. The van der Waals surface area contributed by atoms with Crippen LogP contribution in [0.25, 0.3) is 17.8 Å². The van der Waals surface area contributed by atoms with Gasteiger partial charge in [0.2, 0.25) is 0 Å². The average Bonchev–Trinajstić information content (AvgIpc) is 3.11. The average molecular weight is 308 g/mol. The molecule has 0 radical (unpaired) electrons. The molecule has 3 aromatic rings. The molecule has 0 atom stereocenters. The summed E-state index contributed by atoms with van der Waals surface area (Å²) < 4.78 is 15.3. The van der Waals surface area contributed by atoms with Crippen molar-refractivity contribution in [2.24, 2.45) is 0 Å². The molecular weight excluding hydrogens is 295 g/mol. The topological polar surface area (TPSA) is 55.1 Å². The van der Waals surface area contributed by atoms with E-state index in [1.807, 2.05) is 36.5 Å². The zero-order valence-corrected chi connectivity index (χ0v) is 12.1. The van der Waals surface area contributed by atoms with Crippen molar-refractivity contribution in [1.29, 1.82) is 0 Å². The van der Waals surface area contributed by atoms with Crippen LogP contribution >= 0.6 is 0 Å². The van der Waals surface area contributed by atoms with Gasteiger partial charge in [-0.05, 0) is 41.5 Å². The van der Waals surface area contributed by atoms with Crippen LogP contribution in [0.5, 0.6) is 5.75 Å². The molecular formula is C18H13FN2O2. The van der Waals surface area contributed by atoms with Crippen LogP contribution in [0.4, 0.5) is 4.39 Å². The predicted molar refractivity (Wildman–Crippen MR) is 85.9 cm³/mol. The first-order chi connectivity index (χ1) is 11.2. The fourth-order valence-corrected chi connectivity index (χ4v) is 2.18. The Morgan fingerprint density at radius 2 is 1.83 bits per heavy atom. The summed E-state index contributed by atoms with van der Waals surface area (Å²) in [5, 5.41) is 13.5. The second-order valence-corrected chi connectivity index (χ2v) is 4.93. The predicted octanol–water partition coefficient (Wildman–Crippen LogP) is 3.70. The van der Waals surface area contributed by atoms with Gasteiger partial charge in [-0.15, -0.1) is 0 Å². The van der Waals surface area contributed by atoms with Gasteiger partial charge in [0, 0.05) is 12.4 Å². The van der Waals surface area contributed by atoms with Crippen molar-refractivity contribution < 1.29 is 14.3 Å². The number of hydrogen-bond donors (Lipinski definition) is 1. The Bertz CT molecular complexity index is 853. The number of nitrogens with zero attached hydrogens (tertiary/aromatic N) is 2. The standard InChI is InChI=1S/C18H13FN2O2/c19-17-11-14(10-15(12-22)18(17)23)3-2-13-4-6-16(7-5-13)21-9-1-8-20-21/h1-12,23H. The van der Waals surface area contributed by atoms with Crippen molar-refractivity contribution in [2.45, 2.75) is 0 Å². The minimum atomic E-state index is -0.816. The van der Waals surface area contributed by atoms with Crippen LogP contribution in [0.3, 0.4) is 0 Å². The maximum Gasteiger partial charge on any atom is 0.166 e. The molecule has 23 heavy (non-hydrogen) atoms. The molecule has 5 heteroatoms. The monoisotopic (exact) mass is 308 g/mol. The van der Waals surface area contributed by atoms with Crippen LogP contribution in [0.2, 0.25) is 0 Å². The van der Waals surface area contributed by atoms with Crippen LogP contribution in [0.15, 0.2) is 54.9 Å². The first-order valence-electron chi connectivity index (χ1n) is 6.93. The summed E-state index contributed by atoms with van der Waals surface area (Å²) in [4.78, 5) is 10.8. The normalized spacial score (nSPS) is 11.0. The number of benzene rings is 2. The van der Waals surface area contributed by atoms with Crippen LogP contribution in [-0.4, -0.2) is 21.2 Å². The Kier molecular flexibility index (Phi) is 4.01. The van der Waals surface area contributed by atoms with E-state index in [0.717, 1.165) is 11.3 Å². The summed E-state index contributed by atoms with van der Waals surface area (Å²) in [6.45, 7) is 0. The zero-order chi connectivity index (χ0) is 16.2. The van der Waals surface area contributed by atoms with Gasteiger partial charge in [0.25, 0.3) is 0 Å².